The molecule has 2 atom stereocenters. The highest BCUT2D eigenvalue weighted by Gasteiger charge is 2.38. The second kappa shape index (κ2) is 7.28. The first kappa shape index (κ1) is 17.0. The van der Waals surface area contributed by atoms with Crippen LogP contribution in [0.4, 0.5) is 0 Å². The van der Waals surface area contributed by atoms with Gasteiger partial charge >= 0.3 is 5.97 Å². The van der Waals surface area contributed by atoms with Gasteiger partial charge in [0.15, 0.2) is 11.2 Å². The summed E-state index contributed by atoms with van der Waals surface area (Å²) in [5.74, 6) is -0.675. The number of aliphatic carboxylic acids is 1. The van der Waals surface area contributed by atoms with Crippen molar-refractivity contribution in [3.8, 4) is 0 Å². The van der Waals surface area contributed by atoms with E-state index in [-0.39, 0.29) is 23.4 Å². The molecule has 7 heteroatoms. The number of carboxylic acids is 1. The van der Waals surface area contributed by atoms with Gasteiger partial charge < -0.3 is 10.0 Å². The van der Waals surface area contributed by atoms with E-state index in [1.165, 1.54) is 23.6 Å². The normalized spacial score (nSPS) is 19.3. The molecule has 0 spiro atoms. The zero-order valence-electron chi connectivity index (χ0n) is 12.0. The lowest BCUT2D eigenvalue weighted by Crippen LogP contribution is -2.35. The number of benzene rings is 1. The summed E-state index contributed by atoms with van der Waals surface area (Å²) < 4.78 is 0.770. The SMILES string of the molecule is CC(=O)SCC1CC(=O)N(C(C(=O)O)c2cccc(Br)c2)C1. The Labute approximate surface area is 141 Å². The highest BCUT2D eigenvalue weighted by molar-refractivity contribution is 9.10. The van der Waals surface area contributed by atoms with Gasteiger partial charge in [-0.1, -0.05) is 39.8 Å². The molecule has 2 rings (SSSR count). The number of thioether (sulfide) groups is 1. The Balaban J connectivity index is 2.17. The number of carbonyl (C=O) groups excluding carboxylic acids is 2. The largest absolute Gasteiger partial charge is 0.479 e. The molecule has 0 aromatic heterocycles. The number of rotatable bonds is 5. The summed E-state index contributed by atoms with van der Waals surface area (Å²) in [6, 6.07) is 5.98. The quantitative estimate of drug-likeness (QED) is 0.842. The van der Waals surface area contributed by atoms with E-state index >= 15 is 0 Å². The lowest BCUT2D eigenvalue weighted by Gasteiger charge is -2.25. The molecule has 1 amide bonds. The minimum Gasteiger partial charge on any atom is -0.479 e. The Morgan fingerprint density at radius 1 is 1.50 bits per heavy atom. The van der Waals surface area contributed by atoms with E-state index in [9.17, 15) is 19.5 Å². The smallest absolute Gasteiger partial charge is 0.331 e. The second-order valence-electron chi connectivity index (χ2n) is 5.21. The number of amides is 1. The highest BCUT2D eigenvalue weighted by Crippen LogP contribution is 2.31. The summed E-state index contributed by atoms with van der Waals surface area (Å²) >= 11 is 4.50. The van der Waals surface area contributed by atoms with E-state index in [4.69, 9.17) is 0 Å². The molecule has 1 aliphatic rings. The first-order chi connectivity index (χ1) is 10.4. The van der Waals surface area contributed by atoms with Crippen molar-refractivity contribution < 1.29 is 19.5 Å². The standard InChI is InChI=1S/C15H16BrNO4S/c1-9(18)22-8-10-5-13(19)17(7-10)14(15(20)21)11-3-2-4-12(16)6-11/h2-4,6,10,14H,5,7-8H2,1H3,(H,20,21). The number of nitrogens with zero attached hydrogens (tertiary/aromatic N) is 1. The van der Waals surface area contributed by atoms with E-state index in [1.807, 2.05) is 0 Å². The van der Waals surface area contributed by atoms with Crippen LogP contribution in [0.15, 0.2) is 28.7 Å². The molecule has 0 bridgehead atoms. The molecule has 1 aromatic carbocycles. The minimum atomic E-state index is -1.05. The third-order valence-electron chi connectivity index (χ3n) is 3.47. The van der Waals surface area contributed by atoms with Gasteiger partial charge in [0.05, 0.1) is 0 Å². The Hall–Kier alpha value is -1.34. The van der Waals surface area contributed by atoms with Gasteiger partial charge in [-0.3, -0.25) is 9.59 Å². The van der Waals surface area contributed by atoms with Gasteiger partial charge in [-0.15, -0.1) is 0 Å². The molecule has 118 valence electrons. The average molecular weight is 386 g/mol. The Bertz CT molecular complexity index is 607. The molecule has 1 aromatic rings. The molecule has 0 radical (unpaired) electrons. The first-order valence-electron chi connectivity index (χ1n) is 6.79. The van der Waals surface area contributed by atoms with Crippen LogP contribution in [0.3, 0.4) is 0 Å². The number of hydrogen-bond acceptors (Lipinski definition) is 4. The average Bonchev–Trinajstić information content (AvgIpc) is 2.78. The van der Waals surface area contributed by atoms with E-state index < -0.39 is 12.0 Å². The molecule has 5 nitrogen and oxygen atoms in total. The van der Waals surface area contributed by atoms with E-state index in [0.717, 1.165) is 4.47 Å². The van der Waals surface area contributed by atoms with E-state index in [2.05, 4.69) is 15.9 Å². The topological polar surface area (TPSA) is 74.7 Å². The Morgan fingerprint density at radius 3 is 2.82 bits per heavy atom. The maximum absolute atomic E-state index is 12.2. The fourth-order valence-corrected chi connectivity index (χ4v) is 3.65. The van der Waals surface area contributed by atoms with E-state index in [0.29, 0.717) is 17.9 Å². The molecule has 22 heavy (non-hydrogen) atoms. The van der Waals surface area contributed by atoms with Crippen LogP contribution in [0.1, 0.15) is 24.9 Å². The molecule has 0 saturated carbocycles. The van der Waals surface area contributed by atoms with Gasteiger partial charge in [0.2, 0.25) is 5.91 Å². The van der Waals surface area contributed by atoms with Crippen LogP contribution in [0, 0.1) is 5.92 Å². The van der Waals surface area contributed by atoms with Crippen molar-refractivity contribution >= 4 is 44.7 Å². The van der Waals surface area contributed by atoms with Crippen molar-refractivity contribution in [1.82, 2.24) is 4.90 Å². The summed E-state index contributed by atoms with van der Waals surface area (Å²) in [5, 5.41) is 9.54. The van der Waals surface area contributed by atoms with Crippen molar-refractivity contribution in [3.63, 3.8) is 0 Å². The third kappa shape index (κ3) is 4.10. The van der Waals surface area contributed by atoms with Crippen LogP contribution in [-0.2, 0) is 14.4 Å². The maximum Gasteiger partial charge on any atom is 0.331 e. The predicted octanol–water partition coefficient (Wildman–Crippen LogP) is 2.70. The van der Waals surface area contributed by atoms with Gasteiger partial charge in [-0.2, -0.15) is 0 Å². The summed E-state index contributed by atoms with van der Waals surface area (Å²) in [5.41, 5.74) is 0.565. The fourth-order valence-electron chi connectivity index (χ4n) is 2.54. The number of carboxylic acid groups (broad SMARTS) is 1. The van der Waals surface area contributed by atoms with Crippen molar-refractivity contribution in [2.75, 3.05) is 12.3 Å². The van der Waals surface area contributed by atoms with Crippen molar-refractivity contribution in [3.05, 3.63) is 34.3 Å². The van der Waals surface area contributed by atoms with Crippen molar-refractivity contribution in [1.29, 1.82) is 0 Å². The summed E-state index contributed by atoms with van der Waals surface area (Å²) in [7, 11) is 0. The zero-order valence-corrected chi connectivity index (χ0v) is 14.4. The van der Waals surface area contributed by atoms with Crippen LogP contribution in [0.2, 0.25) is 0 Å². The van der Waals surface area contributed by atoms with Crippen LogP contribution in [-0.4, -0.2) is 39.3 Å². The lowest BCUT2D eigenvalue weighted by atomic mass is 10.1. The van der Waals surface area contributed by atoms with Gasteiger partial charge in [-0.25, -0.2) is 4.79 Å². The molecule has 2 unspecified atom stereocenters. The van der Waals surface area contributed by atoms with Gasteiger partial charge in [0.25, 0.3) is 0 Å². The molecular formula is C15H16BrNO4S. The van der Waals surface area contributed by atoms with E-state index in [1.54, 1.807) is 24.3 Å². The van der Waals surface area contributed by atoms with Crippen LogP contribution < -0.4 is 0 Å². The monoisotopic (exact) mass is 385 g/mol. The van der Waals surface area contributed by atoms with Gasteiger partial charge in [-0.05, 0) is 23.6 Å². The number of hydrogen-bond donors (Lipinski definition) is 1. The van der Waals surface area contributed by atoms with Gasteiger partial charge in [0.1, 0.15) is 0 Å². The van der Waals surface area contributed by atoms with Crippen molar-refractivity contribution in [2.24, 2.45) is 5.92 Å². The highest BCUT2D eigenvalue weighted by atomic mass is 79.9. The molecular weight excluding hydrogens is 370 g/mol. The Morgan fingerprint density at radius 2 is 2.23 bits per heavy atom. The summed E-state index contributed by atoms with van der Waals surface area (Å²) in [4.78, 5) is 36.3. The van der Waals surface area contributed by atoms with Crippen molar-refractivity contribution in [2.45, 2.75) is 19.4 Å². The minimum absolute atomic E-state index is 0.00711. The second-order valence-corrected chi connectivity index (χ2v) is 7.33. The number of halogens is 1. The number of carbonyl (C=O) groups is 3. The molecule has 0 aliphatic carbocycles. The molecule has 1 aliphatic heterocycles. The fraction of sp³-hybridized carbons (Fsp3) is 0.400. The lowest BCUT2D eigenvalue weighted by molar-refractivity contribution is -0.148. The summed E-state index contributed by atoms with van der Waals surface area (Å²) in [6.07, 6.45) is 0.290. The summed E-state index contributed by atoms with van der Waals surface area (Å²) in [6.45, 7) is 1.85. The molecule has 1 saturated heterocycles. The molecule has 1 N–H and O–H groups in total. The van der Waals surface area contributed by atoms with Gasteiger partial charge in [0, 0.05) is 30.1 Å². The molecule has 1 fully saturated rings. The predicted molar refractivity (Wildman–Crippen MR) is 87.5 cm³/mol. The van der Waals surface area contributed by atoms with Crippen LogP contribution in [0.5, 0.6) is 0 Å². The zero-order chi connectivity index (χ0) is 16.3. The van der Waals surface area contributed by atoms with Crippen LogP contribution >= 0.6 is 27.7 Å². The first-order valence-corrected chi connectivity index (χ1v) is 8.57. The Kier molecular flexibility index (Phi) is 5.63. The third-order valence-corrected chi connectivity index (χ3v) is 5.01. The van der Waals surface area contributed by atoms with Crippen LogP contribution in [0.25, 0.3) is 0 Å². The maximum atomic E-state index is 12.2. The molecule has 1 heterocycles. The number of likely N-dealkylation sites (tertiary alicyclic amines) is 1.